The molecule has 0 aliphatic carbocycles. The molecule has 0 unspecified atom stereocenters. The summed E-state index contributed by atoms with van der Waals surface area (Å²) in [5.74, 6) is -1.41. The monoisotopic (exact) mass is 420 g/mol. The molecule has 2 aromatic rings. The van der Waals surface area contributed by atoms with Crippen LogP contribution in [0.5, 0.6) is 0 Å². The number of likely N-dealkylation sites (tertiary alicyclic amines) is 1. The Morgan fingerprint density at radius 1 is 1.00 bits per heavy atom. The third kappa shape index (κ3) is 4.12. The first kappa shape index (κ1) is 19.8. The van der Waals surface area contributed by atoms with Crippen molar-refractivity contribution >= 4 is 21.6 Å². The molecule has 2 aliphatic heterocycles. The first-order valence-electron chi connectivity index (χ1n) is 9.33. The number of piperidine rings is 1. The molecule has 29 heavy (non-hydrogen) atoms. The second-order valence-electron chi connectivity index (χ2n) is 7.01. The first-order valence-corrected chi connectivity index (χ1v) is 10.8. The Morgan fingerprint density at radius 2 is 1.62 bits per heavy atom. The fourth-order valence-corrected chi connectivity index (χ4v) is 4.61. The molecule has 2 saturated heterocycles. The molecule has 2 heterocycles. The summed E-state index contributed by atoms with van der Waals surface area (Å²) in [7, 11) is -3.97. The second-order valence-corrected chi connectivity index (χ2v) is 8.69. The van der Waals surface area contributed by atoms with E-state index in [1.54, 1.807) is 4.90 Å². The van der Waals surface area contributed by atoms with Crippen LogP contribution in [0.15, 0.2) is 53.4 Å². The van der Waals surface area contributed by atoms with E-state index in [1.807, 2.05) is 0 Å². The maximum atomic E-state index is 13.7. The van der Waals surface area contributed by atoms with Gasteiger partial charge >= 0.3 is 0 Å². The quantitative estimate of drug-likeness (QED) is 0.822. The number of sulfonamides is 1. The standard InChI is InChI=1S/C20H21FN2O5S/c21-17-3-1-2-4-18(17)22-29(25,26)16-7-5-15(6-8-16)19(24)23-11-9-20(10-12-23)27-13-14-28-20/h1-8,22H,9-14H2. The molecule has 1 amide bonds. The van der Waals surface area contributed by atoms with Crippen LogP contribution in [0.4, 0.5) is 10.1 Å². The van der Waals surface area contributed by atoms with Crippen molar-refractivity contribution in [2.75, 3.05) is 31.0 Å². The molecule has 0 radical (unpaired) electrons. The van der Waals surface area contributed by atoms with Crippen LogP contribution >= 0.6 is 0 Å². The van der Waals surface area contributed by atoms with Crippen LogP contribution in [0.3, 0.4) is 0 Å². The van der Waals surface area contributed by atoms with Crippen LogP contribution in [0.1, 0.15) is 23.2 Å². The van der Waals surface area contributed by atoms with Gasteiger partial charge in [0, 0.05) is 31.5 Å². The number of carbonyl (C=O) groups is 1. The van der Waals surface area contributed by atoms with Crippen molar-refractivity contribution in [2.45, 2.75) is 23.5 Å². The highest BCUT2D eigenvalue weighted by molar-refractivity contribution is 7.92. The van der Waals surface area contributed by atoms with Crippen molar-refractivity contribution in [1.29, 1.82) is 0 Å². The number of benzene rings is 2. The molecular weight excluding hydrogens is 399 g/mol. The predicted octanol–water partition coefficient (Wildman–Crippen LogP) is 2.61. The molecule has 2 aliphatic rings. The summed E-state index contributed by atoms with van der Waals surface area (Å²) in [5.41, 5.74) is 0.255. The smallest absolute Gasteiger partial charge is 0.261 e. The lowest BCUT2D eigenvalue weighted by molar-refractivity contribution is -0.181. The van der Waals surface area contributed by atoms with Gasteiger partial charge in [0.25, 0.3) is 15.9 Å². The highest BCUT2D eigenvalue weighted by Crippen LogP contribution is 2.31. The summed E-state index contributed by atoms with van der Waals surface area (Å²) in [6.07, 6.45) is 1.22. The molecular formula is C20H21FN2O5S. The SMILES string of the molecule is O=C(c1ccc(S(=O)(=O)Nc2ccccc2F)cc1)N1CCC2(CC1)OCCO2. The zero-order chi connectivity index (χ0) is 20.5. The van der Waals surface area contributed by atoms with E-state index in [2.05, 4.69) is 4.72 Å². The third-order valence-corrected chi connectivity index (χ3v) is 6.54. The fraction of sp³-hybridized carbons (Fsp3) is 0.350. The van der Waals surface area contributed by atoms with Gasteiger partial charge in [-0.25, -0.2) is 12.8 Å². The Morgan fingerprint density at radius 3 is 2.24 bits per heavy atom. The number of carbonyl (C=O) groups excluding carboxylic acids is 1. The van der Waals surface area contributed by atoms with Crippen LogP contribution < -0.4 is 4.72 Å². The van der Waals surface area contributed by atoms with Gasteiger partial charge in [-0.3, -0.25) is 9.52 Å². The fourth-order valence-electron chi connectivity index (χ4n) is 3.54. The van der Waals surface area contributed by atoms with E-state index in [0.717, 1.165) is 0 Å². The van der Waals surface area contributed by atoms with Gasteiger partial charge in [-0.1, -0.05) is 12.1 Å². The van der Waals surface area contributed by atoms with Crippen molar-refractivity contribution in [1.82, 2.24) is 4.90 Å². The van der Waals surface area contributed by atoms with Crippen LogP contribution in [0.25, 0.3) is 0 Å². The molecule has 1 N–H and O–H groups in total. The Hall–Kier alpha value is -2.49. The van der Waals surface area contributed by atoms with Gasteiger partial charge in [-0.15, -0.1) is 0 Å². The summed E-state index contributed by atoms with van der Waals surface area (Å²) in [4.78, 5) is 14.4. The summed E-state index contributed by atoms with van der Waals surface area (Å²) >= 11 is 0. The number of para-hydroxylation sites is 1. The number of rotatable bonds is 4. The van der Waals surface area contributed by atoms with E-state index < -0.39 is 21.6 Å². The van der Waals surface area contributed by atoms with Crippen molar-refractivity contribution in [3.8, 4) is 0 Å². The van der Waals surface area contributed by atoms with E-state index in [4.69, 9.17) is 9.47 Å². The Balaban J connectivity index is 1.43. The molecule has 0 aromatic heterocycles. The number of ether oxygens (including phenoxy) is 2. The second kappa shape index (κ2) is 7.74. The number of nitrogens with one attached hydrogen (secondary N) is 1. The molecule has 2 fully saturated rings. The minimum absolute atomic E-state index is 0.0531. The third-order valence-electron chi connectivity index (χ3n) is 5.16. The average Bonchev–Trinajstić information content (AvgIpc) is 3.18. The number of hydrogen-bond donors (Lipinski definition) is 1. The predicted molar refractivity (Wildman–Crippen MR) is 103 cm³/mol. The highest BCUT2D eigenvalue weighted by Gasteiger charge is 2.40. The maximum Gasteiger partial charge on any atom is 0.261 e. The molecule has 4 rings (SSSR count). The molecule has 0 bridgehead atoms. The molecule has 7 nitrogen and oxygen atoms in total. The number of amides is 1. The van der Waals surface area contributed by atoms with Crippen molar-refractivity contribution < 1.29 is 27.1 Å². The number of nitrogens with zero attached hydrogens (tertiary/aromatic N) is 1. The number of hydrogen-bond acceptors (Lipinski definition) is 5. The average molecular weight is 420 g/mol. The largest absolute Gasteiger partial charge is 0.347 e. The summed E-state index contributed by atoms with van der Waals surface area (Å²) in [6.45, 7) is 2.16. The van der Waals surface area contributed by atoms with Gasteiger partial charge in [0.1, 0.15) is 5.82 Å². The number of halogens is 1. The van der Waals surface area contributed by atoms with E-state index in [0.29, 0.717) is 44.7 Å². The van der Waals surface area contributed by atoms with Crippen molar-refractivity contribution in [3.63, 3.8) is 0 Å². The molecule has 1 spiro atoms. The first-order chi connectivity index (χ1) is 13.9. The minimum atomic E-state index is -3.97. The van der Waals surface area contributed by atoms with Gasteiger partial charge in [0.2, 0.25) is 0 Å². The lowest BCUT2D eigenvalue weighted by Crippen LogP contribution is -2.47. The Bertz CT molecular complexity index is 994. The summed E-state index contributed by atoms with van der Waals surface area (Å²) in [6, 6.07) is 11.1. The summed E-state index contributed by atoms with van der Waals surface area (Å²) in [5, 5.41) is 0. The van der Waals surface area contributed by atoms with Crippen LogP contribution in [0, 0.1) is 5.82 Å². The zero-order valence-corrected chi connectivity index (χ0v) is 16.5. The minimum Gasteiger partial charge on any atom is -0.347 e. The van der Waals surface area contributed by atoms with E-state index in [-0.39, 0.29) is 16.5 Å². The van der Waals surface area contributed by atoms with Crippen molar-refractivity contribution in [3.05, 3.63) is 59.9 Å². The highest BCUT2D eigenvalue weighted by atomic mass is 32.2. The van der Waals surface area contributed by atoms with Crippen LogP contribution in [-0.4, -0.2) is 51.3 Å². The van der Waals surface area contributed by atoms with E-state index >= 15 is 0 Å². The lowest BCUT2D eigenvalue weighted by Gasteiger charge is -2.37. The number of anilines is 1. The maximum absolute atomic E-state index is 13.7. The lowest BCUT2D eigenvalue weighted by atomic mass is 10.0. The Labute approximate surface area is 168 Å². The van der Waals surface area contributed by atoms with Gasteiger partial charge in [-0.2, -0.15) is 0 Å². The molecule has 9 heteroatoms. The van der Waals surface area contributed by atoms with Gasteiger partial charge in [0.05, 0.1) is 23.8 Å². The Kier molecular flexibility index (Phi) is 5.28. The van der Waals surface area contributed by atoms with Crippen LogP contribution in [-0.2, 0) is 19.5 Å². The van der Waals surface area contributed by atoms with Gasteiger partial charge in [0.15, 0.2) is 5.79 Å². The molecule has 0 saturated carbocycles. The van der Waals surface area contributed by atoms with Gasteiger partial charge in [-0.05, 0) is 36.4 Å². The van der Waals surface area contributed by atoms with Crippen molar-refractivity contribution in [2.24, 2.45) is 0 Å². The topological polar surface area (TPSA) is 84.9 Å². The summed E-state index contributed by atoms with van der Waals surface area (Å²) < 4.78 is 52.2. The van der Waals surface area contributed by atoms with E-state index in [9.17, 15) is 17.6 Å². The van der Waals surface area contributed by atoms with Crippen LogP contribution in [0.2, 0.25) is 0 Å². The van der Waals surface area contributed by atoms with Gasteiger partial charge < -0.3 is 14.4 Å². The molecule has 0 atom stereocenters. The van der Waals surface area contributed by atoms with E-state index in [1.165, 1.54) is 48.5 Å². The zero-order valence-electron chi connectivity index (χ0n) is 15.6. The molecule has 154 valence electrons. The normalized spacial score (nSPS) is 18.7. The molecule has 2 aromatic carbocycles.